The van der Waals surface area contributed by atoms with E-state index in [-0.39, 0.29) is 0 Å². The molecule has 7 heteroatoms. The number of carbonyl (C=O) groups is 2. The molecule has 0 saturated carbocycles. The highest BCUT2D eigenvalue weighted by atomic mass is 32.1. The Morgan fingerprint density at radius 3 is 2.69 bits per heavy atom. The topological polar surface area (TPSA) is 87.1 Å². The van der Waals surface area contributed by atoms with Crippen LogP contribution < -0.4 is 4.74 Å². The minimum Gasteiger partial charge on any atom is -0.497 e. The Kier molecular flexibility index (Phi) is 7.28. The Balaban J connectivity index is 0.000000353. The van der Waals surface area contributed by atoms with E-state index in [0.29, 0.717) is 0 Å². The first kappa shape index (κ1) is 21.3. The van der Waals surface area contributed by atoms with Gasteiger partial charge in [0.05, 0.1) is 7.11 Å². The summed E-state index contributed by atoms with van der Waals surface area (Å²) in [6, 6.07) is 8.93. The van der Waals surface area contributed by atoms with Crippen molar-refractivity contribution in [1.82, 2.24) is 4.90 Å². The molecule has 1 aromatic carbocycles. The molecule has 1 aromatic heterocycles. The number of hydrogen-bond acceptors (Lipinski definition) is 5. The van der Waals surface area contributed by atoms with Gasteiger partial charge in [0.1, 0.15) is 5.75 Å². The largest absolute Gasteiger partial charge is 0.497 e. The van der Waals surface area contributed by atoms with Gasteiger partial charge in [-0.15, -0.1) is 11.3 Å². The van der Waals surface area contributed by atoms with Crippen molar-refractivity contribution in [3.63, 3.8) is 0 Å². The summed E-state index contributed by atoms with van der Waals surface area (Å²) >= 11 is 1.96. The number of methoxy groups -OCH3 is 1. The van der Waals surface area contributed by atoms with E-state index in [1.54, 1.807) is 17.6 Å². The van der Waals surface area contributed by atoms with Gasteiger partial charge < -0.3 is 14.9 Å². The maximum absolute atomic E-state index is 9.10. The number of hydrogen-bond donors (Lipinski definition) is 2. The first-order valence-electron chi connectivity index (χ1n) is 9.88. The highest BCUT2D eigenvalue weighted by Gasteiger charge is 2.23. The third-order valence-electron chi connectivity index (χ3n) is 5.66. The number of ether oxygens (including phenoxy) is 1. The van der Waals surface area contributed by atoms with E-state index in [0.717, 1.165) is 18.2 Å². The zero-order valence-corrected chi connectivity index (χ0v) is 17.4. The molecule has 0 spiro atoms. The van der Waals surface area contributed by atoms with Crippen molar-refractivity contribution in [2.24, 2.45) is 0 Å². The van der Waals surface area contributed by atoms with Crippen LogP contribution in [0.4, 0.5) is 0 Å². The van der Waals surface area contributed by atoms with Crippen LogP contribution in [-0.4, -0.2) is 47.3 Å². The molecule has 29 heavy (non-hydrogen) atoms. The highest BCUT2D eigenvalue weighted by Crippen LogP contribution is 2.37. The second-order valence-electron chi connectivity index (χ2n) is 7.45. The van der Waals surface area contributed by atoms with E-state index >= 15 is 0 Å². The fraction of sp³-hybridized carbons (Fsp3) is 0.455. The number of rotatable bonds is 4. The van der Waals surface area contributed by atoms with Crippen LogP contribution in [0.2, 0.25) is 0 Å². The van der Waals surface area contributed by atoms with Gasteiger partial charge in [0.25, 0.3) is 0 Å². The van der Waals surface area contributed by atoms with Crippen molar-refractivity contribution in [3.05, 3.63) is 51.2 Å². The van der Waals surface area contributed by atoms with Crippen LogP contribution in [0.25, 0.3) is 0 Å². The molecular weight excluding hydrogens is 390 g/mol. The summed E-state index contributed by atoms with van der Waals surface area (Å²) in [6.07, 6.45) is 6.54. The highest BCUT2D eigenvalue weighted by molar-refractivity contribution is 7.10. The maximum atomic E-state index is 9.10. The lowest BCUT2D eigenvalue weighted by atomic mass is 9.85. The summed E-state index contributed by atoms with van der Waals surface area (Å²) in [7, 11) is 1.75. The number of carboxylic acid groups (broad SMARTS) is 2. The first-order valence-corrected chi connectivity index (χ1v) is 10.8. The van der Waals surface area contributed by atoms with Crippen LogP contribution >= 0.6 is 11.3 Å². The molecule has 0 amide bonds. The third-order valence-corrected chi connectivity index (χ3v) is 6.65. The quantitative estimate of drug-likeness (QED) is 0.736. The summed E-state index contributed by atoms with van der Waals surface area (Å²) in [5.74, 6) is -1.87. The van der Waals surface area contributed by atoms with E-state index in [4.69, 9.17) is 24.5 Å². The summed E-state index contributed by atoms with van der Waals surface area (Å²) in [4.78, 5) is 22.5. The summed E-state index contributed by atoms with van der Waals surface area (Å²) in [5, 5.41) is 17.1. The molecule has 1 atom stereocenters. The minimum absolute atomic E-state index is 0.789. The van der Waals surface area contributed by atoms with Crippen molar-refractivity contribution >= 4 is 23.3 Å². The normalized spacial score (nSPS) is 18.0. The van der Waals surface area contributed by atoms with Gasteiger partial charge in [0.2, 0.25) is 0 Å². The fourth-order valence-electron chi connectivity index (χ4n) is 4.13. The fourth-order valence-corrected chi connectivity index (χ4v) is 5.14. The van der Waals surface area contributed by atoms with Gasteiger partial charge in [-0.05, 0) is 84.8 Å². The van der Waals surface area contributed by atoms with Crippen LogP contribution in [0, 0.1) is 0 Å². The van der Waals surface area contributed by atoms with Gasteiger partial charge in [0, 0.05) is 18.0 Å². The lowest BCUT2D eigenvalue weighted by Gasteiger charge is -2.31. The number of nitrogens with zero attached hydrogens (tertiary/aromatic N) is 1. The Bertz CT molecular complexity index is 851. The molecule has 2 heterocycles. The van der Waals surface area contributed by atoms with E-state index in [1.165, 1.54) is 56.3 Å². The minimum atomic E-state index is -1.82. The van der Waals surface area contributed by atoms with Crippen molar-refractivity contribution in [1.29, 1.82) is 0 Å². The monoisotopic (exact) mass is 417 g/mol. The zero-order valence-electron chi connectivity index (χ0n) is 16.6. The summed E-state index contributed by atoms with van der Waals surface area (Å²) in [6.45, 7) is 3.49. The van der Waals surface area contributed by atoms with Crippen molar-refractivity contribution in [3.8, 4) is 5.75 Å². The first-order chi connectivity index (χ1) is 14.0. The predicted octanol–water partition coefficient (Wildman–Crippen LogP) is 3.78. The summed E-state index contributed by atoms with van der Waals surface area (Å²) in [5.41, 5.74) is 4.61. The molecule has 1 aliphatic carbocycles. The molecule has 4 rings (SSSR count). The number of benzene rings is 1. The molecule has 2 aromatic rings. The number of thiophene rings is 1. The number of aliphatic carboxylic acids is 2. The average Bonchev–Trinajstić information content (AvgIpc) is 3.21. The molecule has 0 fully saturated rings. The van der Waals surface area contributed by atoms with E-state index in [1.807, 2.05) is 11.3 Å². The summed E-state index contributed by atoms with van der Waals surface area (Å²) < 4.78 is 5.38. The van der Waals surface area contributed by atoms with E-state index in [2.05, 4.69) is 34.5 Å². The standard InChI is InChI=1S/C20H25NOS.C2H2O4/c1-22-18-6-5-15-7-10-21(14-17(15)13-18)11-8-16-3-2-4-20-19(16)9-12-23-20;3-1(4)2(5)6/h5-6,9,12-13,16H,2-4,7-8,10-11,14H2,1H3;(H,3,4)(H,5,6). The molecule has 1 unspecified atom stereocenters. The molecule has 2 aliphatic rings. The van der Waals surface area contributed by atoms with Crippen LogP contribution in [0.1, 0.15) is 46.7 Å². The van der Waals surface area contributed by atoms with Gasteiger partial charge in [-0.1, -0.05) is 6.07 Å². The second kappa shape index (κ2) is 9.89. The third kappa shape index (κ3) is 5.58. The molecule has 1 aliphatic heterocycles. The van der Waals surface area contributed by atoms with Crippen LogP contribution in [-0.2, 0) is 29.0 Å². The van der Waals surface area contributed by atoms with Crippen LogP contribution in [0.15, 0.2) is 29.6 Å². The molecular formula is C22H27NO5S. The molecule has 0 bridgehead atoms. The van der Waals surface area contributed by atoms with Crippen LogP contribution in [0.5, 0.6) is 5.75 Å². The van der Waals surface area contributed by atoms with E-state index in [9.17, 15) is 0 Å². The smallest absolute Gasteiger partial charge is 0.414 e. The van der Waals surface area contributed by atoms with Gasteiger partial charge in [0.15, 0.2) is 0 Å². The zero-order chi connectivity index (χ0) is 20.8. The van der Waals surface area contributed by atoms with Gasteiger partial charge in [-0.25, -0.2) is 9.59 Å². The Hall–Kier alpha value is -2.38. The Morgan fingerprint density at radius 1 is 1.17 bits per heavy atom. The Labute approximate surface area is 174 Å². The van der Waals surface area contributed by atoms with Crippen molar-refractivity contribution < 1.29 is 24.5 Å². The number of aryl methyl sites for hydroxylation is 1. The SMILES string of the molecule is COc1ccc2c(c1)CN(CCC1CCCc3sccc31)CC2.O=C(O)C(=O)O. The van der Waals surface area contributed by atoms with Crippen molar-refractivity contribution in [2.45, 2.75) is 44.6 Å². The van der Waals surface area contributed by atoms with Gasteiger partial charge >= 0.3 is 11.9 Å². The number of fused-ring (bicyclic) bond motifs is 2. The second-order valence-corrected chi connectivity index (χ2v) is 8.45. The molecule has 6 nitrogen and oxygen atoms in total. The molecule has 2 N–H and O–H groups in total. The molecule has 156 valence electrons. The van der Waals surface area contributed by atoms with Gasteiger partial charge in [-0.2, -0.15) is 0 Å². The molecule has 0 radical (unpaired) electrons. The maximum Gasteiger partial charge on any atom is 0.414 e. The predicted molar refractivity (Wildman–Crippen MR) is 112 cm³/mol. The Morgan fingerprint density at radius 2 is 1.97 bits per heavy atom. The van der Waals surface area contributed by atoms with Crippen LogP contribution in [0.3, 0.4) is 0 Å². The average molecular weight is 418 g/mol. The van der Waals surface area contributed by atoms with E-state index < -0.39 is 11.9 Å². The lowest BCUT2D eigenvalue weighted by molar-refractivity contribution is -0.159. The van der Waals surface area contributed by atoms with Gasteiger partial charge in [-0.3, -0.25) is 4.90 Å². The lowest BCUT2D eigenvalue weighted by Crippen LogP contribution is -2.32. The molecule has 0 saturated heterocycles. The number of carboxylic acids is 2. The van der Waals surface area contributed by atoms with Crippen molar-refractivity contribution in [2.75, 3.05) is 20.2 Å².